The van der Waals surface area contributed by atoms with Crippen LogP contribution in [-0.4, -0.2) is 23.5 Å². The van der Waals surface area contributed by atoms with Gasteiger partial charge in [-0.15, -0.1) is 0 Å². The number of amidine groups is 1. The number of thioether (sulfide) groups is 1. The summed E-state index contributed by atoms with van der Waals surface area (Å²) in [4.78, 5) is 18.9. The number of hydrogen-bond acceptors (Lipinski definition) is 3. The molecule has 0 radical (unpaired) electrons. The number of anilines is 2. The van der Waals surface area contributed by atoms with Crippen LogP contribution in [0.5, 0.6) is 0 Å². The Morgan fingerprint density at radius 1 is 1.22 bits per heavy atom. The van der Waals surface area contributed by atoms with Crippen LogP contribution in [0.2, 0.25) is 5.02 Å². The third kappa shape index (κ3) is 3.68. The molecule has 1 N–H and O–H groups in total. The normalized spacial score (nSPS) is 13.6. The zero-order chi connectivity index (χ0) is 16.2. The molecule has 1 heterocycles. The van der Waals surface area contributed by atoms with Crippen molar-refractivity contribution in [3.63, 3.8) is 0 Å². The number of nitrogens with zero attached hydrogens (tertiary/aromatic N) is 2. The summed E-state index contributed by atoms with van der Waals surface area (Å²) in [5.74, 6) is 0.886. The summed E-state index contributed by atoms with van der Waals surface area (Å²) in [6.07, 6.45) is 0. The number of rotatable bonds is 2. The average Bonchev–Trinajstić information content (AvgIpc) is 3.06. The molecule has 0 bridgehead atoms. The first-order chi connectivity index (χ1) is 11.1. The van der Waals surface area contributed by atoms with Crippen LogP contribution >= 0.6 is 23.4 Å². The van der Waals surface area contributed by atoms with Gasteiger partial charge in [-0.2, -0.15) is 0 Å². The molecule has 0 unspecified atom stereocenters. The lowest BCUT2D eigenvalue weighted by Gasteiger charge is -2.23. The number of para-hydroxylation sites is 1. The van der Waals surface area contributed by atoms with Crippen molar-refractivity contribution in [1.82, 2.24) is 0 Å². The number of aryl methyl sites for hydroxylation is 1. The van der Waals surface area contributed by atoms with E-state index in [0.717, 1.165) is 29.2 Å². The second kappa shape index (κ2) is 7.06. The Morgan fingerprint density at radius 2 is 1.96 bits per heavy atom. The van der Waals surface area contributed by atoms with Crippen LogP contribution in [-0.2, 0) is 0 Å². The molecule has 6 heteroatoms. The number of nitrogens with one attached hydrogen (secondary N) is 1. The van der Waals surface area contributed by atoms with Gasteiger partial charge in [-0.3, -0.25) is 4.99 Å². The van der Waals surface area contributed by atoms with Gasteiger partial charge >= 0.3 is 6.03 Å². The minimum atomic E-state index is -0.227. The number of carbonyl (C=O) groups is 1. The van der Waals surface area contributed by atoms with Crippen LogP contribution in [0.15, 0.2) is 53.5 Å². The maximum absolute atomic E-state index is 12.8. The van der Waals surface area contributed by atoms with Gasteiger partial charge in [0.2, 0.25) is 0 Å². The second-order valence-electron chi connectivity index (χ2n) is 5.07. The molecule has 0 aliphatic carbocycles. The third-order valence-electron chi connectivity index (χ3n) is 3.44. The number of benzene rings is 2. The van der Waals surface area contributed by atoms with Gasteiger partial charge in [0.05, 0.1) is 12.2 Å². The van der Waals surface area contributed by atoms with E-state index in [-0.39, 0.29) is 6.03 Å². The minimum absolute atomic E-state index is 0.227. The number of urea groups is 1. The molecular formula is C17H16ClN3OS. The Labute approximate surface area is 144 Å². The smallest absolute Gasteiger partial charge is 0.307 e. The number of halogens is 1. The molecule has 2 amide bonds. The second-order valence-corrected chi connectivity index (χ2v) is 6.57. The van der Waals surface area contributed by atoms with Gasteiger partial charge in [-0.25, -0.2) is 9.69 Å². The van der Waals surface area contributed by atoms with Crippen LogP contribution in [0.1, 0.15) is 5.56 Å². The van der Waals surface area contributed by atoms with Crippen molar-refractivity contribution in [2.24, 2.45) is 4.99 Å². The van der Waals surface area contributed by atoms with Crippen molar-refractivity contribution in [2.45, 2.75) is 6.92 Å². The van der Waals surface area contributed by atoms with E-state index in [2.05, 4.69) is 10.3 Å². The lowest BCUT2D eigenvalue weighted by molar-refractivity contribution is 0.259. The molecule has 0 spiro atoms. The lowest BCUT2D eigenvalue weighted by Crippen LogP contribution is -2.38. The molecule has 2 aromatic rings. The van der Waals surface area contributed by atoms with E-state index in [4.69, 9.17) is 11.6 Å². The summed E-state index contributed by atoms with van der Waals surface area (Å²) in [7, 11) is 0. The van der Waals surface area contributed by atoms with E-state index in [1.54, 1.807) is 28.8 Å². The first-order valence-electron chi connectivity index (χ1n) is 7.25. The van der Waals surface area contributed by atoms with Crippen molar-refractivity contribution in [3.8, 4) is 0 Å². The first kappa shape index (κ1) is 15.9. The SMILES string of the molecule is Cc1ccccc1NC(=O)N(C1=NCCS1)c1ccc(Cl)cc1. The van der Waals surface area contributed by atoms with E-state index in [1.165, 1.54) is 0 Å². The predicted molar refractivity (Wildman–Crippen MR) is 98.9 cm³/mol. The van der Waals surface area contributed by atoms with Crippen molar-refractivity contribution in [3.05, 3.63) is 59.1 Å². The van der Waals surface area contributed by atoms with Gasteiger partial charge in [0.25, 0.3) is 0 Å². The standard InChI is InChI=1S/C17H16ClN3OS/c1-12-4-2-3-5-15(12)20-16(22)21(17-19-10-11-23-17)14-8-6-13(18)7-9-14/h2-9H,10-11H2,1H3,(H,20,22). The number of hydrogen-bond donors (Lipinski definition) is 1. The fraction of sp³-hybridized carbons (Fsp3) is 0.176. The summed E-state index contributed by atoms with van der Waals surface area (Å²) in [6.45, 7) is 2.69. The highest BCUT2D eigenvalue weighted by atomic mass is 35.5. The molecule has 4 nitrogen and oxygen atoms in total. The lowest BCUT2D eigenvalue weighted by atomic mass is 10.2. The minimum Gasteiger partial charge on any atom is -0.307 e. The topological polar surface area (TPSA) is 44.7 Å². The Hall–Kier alpha value is -1.98. The fourth-order valence-corrected chi connectivity index (χ4v) is 3.24. The zero-order valence-electron chi connectivity index (χ0n) is 12.6. The summed E-state index contributed by atoms with van der Waals surface area (Å²) >= 11 is 7.53. The molecule has 3 rings (SSSR count). The molecule has 0 atom stereocenters. The van der Waals surface area contributed by atoms with Crippen molar-refractivity contribution >= 4 is 45.9 Å². The zero-order valence-corrected chi connectivity index (χ0v) is 14.2. The van der Waals surface area contributed by atoms with E-state index in [1.807, 2.05) is 43.3 Å². The molecule has 1 aliphatic heterocycles. The molecule has 2 aromatic carbocycles. The van der Waals surface area contributed by atoms with E-state index in [9.17, 15) is 4.79 Å². The molecular weight excluding hydrogens is 330 g/mol. The Morgan fingerprint density at radius 3 is 2.61 bits per heavy atom. The molecule has 0 fully saturated rings. The average molecular weight is 346 g/mol. The number of aliphatic imine (C=N–C) groups is 1. The van der Waals surface area contributed by atoms with Crippen LogP contribution < -0.4 is 10.2 Å². The van der Waals surface area contributed by atoms with E-state index in [0.29, 0.717) is 10.2 Å². The molecule has 0 saturated heterocycles. The monoisotopic (exact) mass is 345 g/mol. The summed E-state index contributed by atoms with van der Waals surface area (Å²) in [5.41, 5.74) is 2.55. The van der Waals surface area contributed by atoms with E-state index < -0.39 is 0 Å². The van der Waals surface area contributed by atoms with Gasteiger partial charge in [-0.1, -0.05) is 41.6 Å². The van der Waals surface area contributed by atoms with Gasteiger partial charge < -0.3 is 5.32 Å². The Kier molecular flexibility index (Phi) is 4.88. The third-order valence-corrected chi connectivity index (χ3v) is 4.64. The van der Waals surface area contributed by atoms with Crippen LogP contribution in [0.4, 0.5) is 16.2 Å². The number of carbonyl (C=O) groups excluding carboxylic acids is 1. The summed E-state index contributed by atoms with van der Waals surface area (Å²) in [6, 6.07) is 14.6. The van der Waals surface area contributed by atoms with Gasteiger partial charge in [-0.05, 0) is 42.8 Å². The first-order valence-corrected chi connectivity index (χ1v) is 8.61. The quantitative estimate of drug-likeness (QED) is 0.850. The molecule has 118 valence electrons. The highest BCUT2D eigenvalue weighted by molar-refractivity contribution is 8.14. The number of amides is 2. The Balaban J connectivity index is 1.90. The predicted octanol–water partition coefficient (Wildman–Crippen LogP) is 4.79. The van der Waals surface area contributed by atoms with Crippen molar-refractivity contribution in [1.29, 1.82) is 0 Å². The van der Waals surface area contributed by atoms with Crippen LogP contribution in [0.3, 0.4) is 0 Å². The summed E-state index contributed by atoms with van der Waals surface area (Å²) < 4.78 is 0. The van der Waals surface area contributed by atoms with Gasteiger partial charge in [0.1, 0.15) is 0 Å². The maximum atomic E-state index is 12.8. The van der Waals surface area contributed by atoms with Gasteiger partial charge in [0, 0.05) is 16.5 Å². The fourth-order valence-electron chi connectivity index (χ4n) is 2.25. The van der Waals surface area contributed by atoms with Crippen LogP contribution in [0.25, 0.3) is 0 Å². The maximum Gasteiger partial charge on any atom is 0.332 e. The largest absolute Gasteiger partial charge is 0.332 e. The Bertz CT molecular complexity index is 746. The molecule has 1 aliphatic rings. The highest BCUT2D eigenvalue weighted by Crippen LogP contribution is 2.26. The molecule has 23 heavy (non-hydrogen) atoms. The van der Waals surface area contributed by atoms with Crippen molar-refractivity contribution < 1.29 is 4.79 Å². The van der Waals surface area contributed by atoms with E-state index >= 15 is 0 Å². The molecule has 0 saturated carbocycles. The van der Waals surface area contributed by atoms with Gasteiger partial charge in [0.15, 0.2) is 5.17 Å². The molecule has 0 aromatic heterocycles. The van der Waals surface area contributed by atoms with Crippen LogP contribution in [0, 0.1) is 6.92 Å². The van der Waals surface area contributed by atoms with Crippen molar-refractivity contribution in [2.75, 3.05) is 22.5 Å². The summed E-state index contributed by atoms with van der Waals surface area (Å²) in [5, 5.41) is 4.30. The highest BCUT2D eigenvalue weighted by Gasteiger charge is 2.24.